The first kappa shape index (κ1) is 14.2. The standard InChI is InChI=1S/C8H14F3NO3/c1-5(3-8(9,10)11)12-4-6(13)2-7(14)15/h5-6,12-13H,2-4H2,1H3,(H,14,15). The van der Waals surface area contributed by atoms with Gasteiger partial charge in [0.15, 0.2) is 0 Å². The summed E-state index contributed by atoms with van der Waals surface area (Å²) in [6.07, 6.45) is -6.92. The number of aliphatic hydroxyl groups is 1. The van der Waals surface area contributed by atoms with Gasteiger partial charge in [0.2, 0.25) is 0 Å². The quantitative estimate of drug-likeness (QED) is 0.628. The lowest BCUT2D eigenvalue weighted by atomic mass is 10.2. The molecule has 0 aromatic heterocycles. The van der Waals surface area contributed by atoms with Crippen molar-refractivity contribution in [3.63, 3.8) is 0 Å². The Morgan fingerprint density at radius 2 is 2.00 bits per heavy atom. The zero-order valence-corrected chi connectivity index (χ0v) is 8.21. The number of aliphatic carboxylic acids is 1. The molecule has 0 aliphatic carbocycles. The van der Waals surface area contributed by atoms with Crippen molar-refractivity contribution in [1.82, 2.24) is 5.32 Å². The number of halogens is 3. The number of hydrogen-bond donors (Lipinski definition) is 3. The molecule has 0 aliphatic rings. The second-order valence-electron chi connectivity index (χ2n) is 3.38. The van der Waals surface area contributed by atoms with Crippen LogP contribution in [0.5, 0.6) is 0 Å². The van der Waals surface area contributed by atoms with Crippen molar-refractivity contribution in [2.24, 2.45) is 0 Å². The van der Waals surface area contributed by atoms with E-state index in [-0.39, 0.29) is 6.54 Å². The summed E-state index contributed by atoms with van der Waals surface area (Å²) in [5, 5.41) is 19.7. The first-order valence-corrected chi connectivity index (χ1v) is 4.40. The van der Waals surface area contributed by atoms with E-state index in [2.05, 4.69) is 5.32 Å². The number of hydrogen-bond acceptors (Lipinski definition) is 3. The Morgan fingerprint density at radius 1 is 1.47 bits per heavy atom. The molecule has 7 heteroatoms. The molecule has 2 unspecified atom stereocenters. The molecular weight excluding hydrogens is 215 g/mol. The molecule has 0 radical (unpaired) electrons. The van der Waals surface area contributed by atoms with Crippen LogP contribution < -0.4 is 5.32 Å². The van der Waals surface area contributed by atoms with Gasteiger partial charge in [0.25, 0.3) is 0 Å². The Balaban J connectivity index is 3.71. The molecule has 0 fully saturated rings. The van der Waals surface area contributed by atoms with Gasteiger partial charge in [0.1, 0.15) is 0 Å². The molecule has 0 saturated heterocycles. The lowest BCUT2D eigenvalue weighted by Crippen LogP contribution is -2.37. The van der Waals surface area contributed by atoms with Crippen molar-refractivity contribution in [2.45, 2.75) is 38.1 Å². The maximum atomic E-state index is 11.8. The Labute approximate surface area is 85.1 Å². The molecule has 0 saturated carbocycles. The maximum absolute atomic E-state index is 11.8. The molecule has 0 aromatic carbocycles. The van der Waals surface area contributed by atoms with Gasteiger partial charge in [-0.1, -0.05) is 0 Å². The van der Waals surface area contributed by atoms with Crippen molar-refractivity contribution >= 4 is 5.97 Å². The predicted octanol–water partition coefficient (Wildman–Crippen LogP) is 0.753. The van der Waals surface area contributed by atoms with E-state index in [4.69, 9.17) is 10.2 Å². The van der Waals surface area contributed by atoms with Crippen LogP contribution in [0.3, 0.4) is 0 Å². The Hall–Kier alpha value is -0.820. The minimum absolute atomic E-state index is 0.163. The topological polar surface area (TPSA) is 69.6 Å². The van der Waals surface area contributed by atoms with Crippen LogP contribution >= 0.6 is 0 Å². The molecular formula is C8H14F3NO3. The smallest absolute Gasteiger partial charge is 0.390 e. The van der Waals surface area contributed by atoms with Crippen LogP contribution in [0, 0.1) is 0 Å². The summed E-state index contributed by atoms with van der Waals surface area (Å²) in [6.45, 7) is 1.16. The summed E-state index contributed by atoms with van der Waals surface area (Å²) in [5.41, 5.74) is 0. The van der Waals surface area contributed by atoms with Gasteiger partial charge in [0.05, 0.1) is 18.9 Å². The van der Waals surface area contributed by atoms with E-state index in [1.54, 1.807) is 0 Å². The molecule has 15 heavy (non-hydrogen) atoms. The highest BCUT2D eigenvalue weighted by Crippen LogP contribution is 2.21. The fourth-order valence-corrected chi connectivity index (χ4v) is 1.03. The number of carboxylic acids is 1. The number of nitrogens with one attached hydrogen (secondary N) is 1. The summed E-state index contributed by atoms with van der Waals surface area (Å²) in [7, 11) is 0. The van der Waals surface area contributed by atoms with Crippen LogP contribution in [0.25, 0.3) is 0 Å². The van der Waals surface area contributed by atoms with E-state index < -0.39 is 37.1 Å². The second-order valence-corrected chi connectivity index (χ2v) is 3.38. The van der Waals surface area contributed by atoms with Gasteiger partial charge < -0.3 is 15.5 Å². The summed E-state index contributed by atoms with van der Waals surface area (Å²) >= 11 is 0. The van der Waals surface area contributed by atoms with Gasteiger partial charge in [0, 0.05) is 12.6 Å². The summed E-state index contributed by atoms with van der Waals surface area (Å²) in [6, 6.07) is -0.839. The highest BCUT2D eigenvalue weighted by Gasteiger charge is 2.29. The fraction of sp³-hybridized carbons (Fsp3) is 0.875. The van der Waals surface area contributed by atoms with Gasteiger partial charge >= 0.3 is 12.1 Å². The molecule has 0 spiro atoms. The first-order valence-electron chi connectivity index (χ1n) is 4.40. The molecule has 0 aromatic rings. The van der Waals surface area contributed by atoms with Crippen LogP contribution in [0.4, 0.5) is 13.2 Å². The Bertz CT molecular complexity index is 208. The first-order chi connectivity index (χ1) is 6.70. The third-order valence-corrected chi connectivity index (χ3v) is 1.65. The third-order valence-electron chi connectivity index (χ3n) is 1.65. The van der Waals surface area contributed by atoms with E-state index >= 15 is 0 Å². The average molecular weight is 229 g/mol. The summed E-state index contributed by atoms with van der Waals surface area (Å²) in [4.78, 5) is 10.1. The van der Waals surface area contributed by atoms with Crippen molar-refractivity contribution in [3.8, 4) is 0 Å². The molecule has 0 amide bonds. The van der Waals surface area contributed by atoms with Gasteiger partial charge in [-0.3, -0.25) is 4.79 Å². The SMILES string of the molecule is CC(CC(F)(F)F)NCC(O)CC(=O)O. The lowest BCUT2D eigenvalue weighted by molar-refractivity contribution is -0.141. The lowest BCUT2D eigenvalue weighted by Gasteiger charge is -2.17. The zero-order chi connectivity index (χ0) is 12.1. The Morgan fingerprint density at radius 3 is 2.40 bits per heavy atom. The van der Waals surface area contributed by atoms with E-state index in [0.29, 0.717) is 0 Å². The maximum Gasteiger partial charge on any atom is 0.390 e. The van der Waals surface area contributed by atoms with Crippen molar-refractivity contribution in [1.29, 1.82) is 0 Å². The molecule has 0 aliphatic heterocycles. The summed E-state index contributed by atoms with van der Waals surface area (Å²) in [5.74, 6) is -1.19. The molecule has 2 atom stereocenters. The number of rotatable bonds is 6. The molecule has 0 bridgehead atoms. The Kier molecular flexibility index (Phi) is 5.59. The molecule has 0 rings (SSSR count). The zero-order valence-electron chi connectivity index (χ0n) is 8.21. The number of alkyl halides is 3. The van der Waals surface area contributed by atoms with Crippen LogP contribution in [-0.2, 0) is 4.79 Å². The second kappa shape index (κ2) is 5.92. The highest BCUT2D eigenvalue weighted by molar-refractivity contribution is 5.67. The average Bonchev–Trinajstić information content (AvgIpc) is 1.96. The minimum atomic E-state index is -4.26. The largest absolute Gasteiger partial charge is 0.481 e. The van der Waals surface area contributed by atoms with Crippen LogP contribution in [-0.4, -0.2) is 41.0 Å². The monoisotopic (exact) mass is 229 g/mol. The van der Waals surface area contributed by atoms with E-state index in [1.165, 1.54) is 6.92 Å². The molecule has 90 valence electrons. The third kappa shape index (κ3) is 9.48. The van der Waals surface area contributed by atoms with E-state index in [9.17, 15) is 18.0 Å². The predicted molar refractivity (Wildman–Crippen MR) is 46.4 cm³/mol. The fourth-order valence-electron chi connectivity index (χ4n) is 1.03. The van der Waals surface area contributed by atoms with Crippen molar-refractivity contribution in [2.75, 3.05) is 6.54 Å². The van der Waals surface area contributed by atoms with E-state index in [1.807, 2.05) is 0 Å². The number of aliphatic hydroxyl groups excluding tert-OH is 1. The van der Waals surface area contributed by atoms with Gasteiger partial charge in [-0.15, -0.1) is 0 Å². The highest BCUT2D eigenvalue weighted by atomic mass is 19.4. The number of carbonyl (C=O) groups is 1. The summed E-state index contributed by atoms with van der Waals surface area (Å²) < 4.78 is 35.5. The minimum Gasteiger partial charge on any atom is -0.481 e. The van der Waals surface area contributed by atoms with Crippen molar-refractivity contribution in [3.05, 3.63) is 0 Å². The van der Waals surface area contributed by atoms with Gasteiger partial charge in [-0.2, -0.15) is 13.2 Å². The van der Waals surface area contributed by atoms with Crippen molar-refractivity contribution < 1.29 is 28.2 Å². The molecule has 3 N–H and O–H groups in total. The normalized spacial score (nSPS) is 16.1. The number of carboxylic acid groups (broad SMARTS) is 1. The van der Waals surface area contributed by atoms with Gasteiger partial charge in [-0.25, -0.2) is 0 Å². The van der Waals surface area contributed by atoms with Crippen LogP contribution in [0.15, 0.2) is 0 Å². The molecule has 0 heterocycles. The van der Waals surface area contributed by atoms with Crippen LogP contribution in [0.1, 0.15) is 19.8 Å². The molecule has 4 nitrogen and oxygen atoms in total. The van der Waals surface area contributed by atoms with Gasteiger partial charge in [-0.05, 0) is 6.92 Å². The van der Waals surface area contributed by atoms with E-state index in [0.717, 1.165) is 0 Å². The van der Waals surface area contributed by atoms with Crippen LogP contribution in [0.2, 0.25) is 0 Å².